The van der Waals surface area contributed by atoms with Crippen molar-refractivity contribution in [3.05, 3.63) is 0 Å². The molecule has 2 heteroatoms. The van der Waals surface area contributed by atoms with Gasteiger partial charge in [0.15, 0.2) is 0 Å². The van der Waals surface area contributed by atoms with Crippen LogP contribution in [-0.2, 0) is 0 Å². The minimum absolute atomic E-state index is 0.115. The highest BCUT2D eigenvalue weighted by atomic mass is 14.7. The van der Waals surface area contributed by atoms with Crippen LogP contribution >= 0.6 is 0 Å². The number of nitrogens with zero attached hydrogens (tertiary/aromatic N) is 1. The summed E-state index contributed by atoms with van der Waals surface area (Å²) in [6.07, 6.45) is 3.22. The summed E-state index contributed by atoms with van der Waals surface area (Å²) in [4.78, 5) is 0. The van der Waals surface area contributed by atoms with Crippen molar-refractivity contribution in [2.24, 2.45) is 17.6 Å². The predicted molar refractivity (Wildman–Crippen MR) is 40.1 cm³/mol. The molecule has 0 heterocycles. The molecule has 0 saturated heterocycles. The SMILES string of the molecule is C[C@H]1CCC(N)C(C#N)C1. The van der Waals surface area contributed by atoms with Gasteiger partial charge in [-0.05, 0) is 25.2 Å². The molecule has 1 saturated carbocycles. The summed E-state index contributed by atoms with van der Waals surface area (Å²) in [6.45, 7) is 2.19. The van der Waals surface area contributed by atoms with Gasteiger partial charge in [0.05, 0.1) is 12.0 Å². The summed E-state index contributed by atoms with van der Waals surface area (Å²) in [7, 11) is 0. The Hall–Kier alpha value is -0.550. The number of hydrogen-bond donors (Lipinski definition) is 1. The van der Waals surface area contributed by atoms with Gasteiger partial charge in [-0.2, -0.15) is 5.26 Å². The highest BCUT2D eigenvalue weighted by Crippen LogP contribution is 2.26. The molecular weight excluding hydrogens is 124 g/mol. The van der Waals surface area contributed by atoms with E-state index in [1.54, 1.807) is 0 Å². The van der Waals surface area contributed by atoms with Crippen LogP contribution in [0.25, 0.3) is 0 Å². The second-order valence-corrected chi connectivity index (χ2v) is 3.32. The molecule has 1 aliphatic rings. The zero-order valence-electron chi connectivity index (χ0n) is 6.38. The average Bonchev–Trinajstić information content (AvgIpc) is 1.94. The molecule has 2 N–H and O–H groups in total. The van der Waals surface area contributed by atoms with Crippen LogP contribution in [0.3, 0.4) is 0 Å². The van der Waals surface area contributed by atoms with Gasteiger partial charge < -0.3 is 5.73 Å². The first-order valence-corrected chi connectivity index (χ1v) is 3.89. The average molecular weight is 138 g/mol. The van der Waals surface area contributed by atoms with Gasteiger partial charge in [-0.15, -0.1) is 0 Å². The molecule has 0 amide bonds. The largest absolute Gasteiger partial charge is 0.327 e. The molecule has 1 fully saturated rings. The maximum absolute atomic E-state index is 8.65. The van der Waals surface area contributed by atoms with E-state index in [2.05, 4.69) is 13.0 Å². The maximum atomic E-state index is 8.65. The fourth-order valence-corrected chi connectivity index (χ4v) is 1.55. The summed E-state index contributed by atoms with van der Waals surface area (Å²) >= 11 is 0. The Labute approximate surface area is 62.0 Å². The van der Waals surface area contributed by atoms with Gasteiger partial charge in [0, 0.05) is 6.04 Å². The zero-order valence-corrected chi connectivity index (χ0v) is 6.38. The lowest BCUT2D eigenvalue weighted by Gasteiger charge is -2.27. The van der Waals surface area contributed by atoms with Crippen molar-refractivity contribution in [2.45, 2.75) is 32.2 Å². The smallest absolute Gasteiger partial charge is 0.0672 e. The number of hydrogen-bond acceptors (Lipinski definition) is 2. The third kappa shape index (κ3) is 1.48. The van der Waals surface area contributed by atoms with Crippen LogP contribution in [0, 0.1) is 23.2 Å². The van der Waals surface area contributed by atoms with Crippen LogP contribution in [0.15, 0.2) is 0 Å². The first-order chi connectivity index (χ1) is 4.74. The minimum atomic E-state index is 0.115. The fourth-order valence-electron chi connectivity index (χ4n) is 1.55. The molecule has 10 heavy (non-hydrogen) atoms. The van der Waals surface area contributed by atoms with Gasteiger partial charge in [0.2, 0.25) is 0 Å². The highest BCUT2D eigenvalue weighted by Gasteiger charge is 2.25. The van der Waals surface area contributed by atoms with Crippen molar-refractivity contribution in [2.75, 3.05) is 0 Å². The van der Waals surface area contributed by atoms with Crippen LogP contribution in [0.2, 0.25) is 0 Å². The molecule has 0 aromatic carbocycles. The van der Waals surface area contributed by atoms with E-state index in [0.29, 0.717) is 5.92 Å². The molecule has 1 rings (SSSR count). The van der Waals surface area contributed by atoms with Crippen LogP contribution < -0.4 is 5.73 Å². The van der Waals surface area contributed by atoms with Crippen LogP contribution in [0.1, 0.15) is 26.2 Å². The van der Waals surface area contributed by atoms with E-state index in [0.717, 1.165) is 12.8 Å². The lowest BCUT2D eigenvalue weighted by Crippen LogP contribution is -2.34. The van der Waals surface area contributed by atoms with Gasteiger partial charge in [-0.3, -0.25) is 0 Å². The van der Waals surface area contributed by atoms with Gasteiger partial charge >= 0.3 is 0 Å². The van der Waals surface area contributed by atoms with Crippen molar-refractivity contribution >= 4 is 0 Å². The molecule has 0 aromatic heterocycles. The molecule has 0 radical (unpaired) electrons. The zero-order chi connectivity index (χ0) is 7.56. The van der Waals surface area contributed by atoms with E-state index < -0.39 is 0 Å². The van der Waals surface area contributed by atoms with Crippen LogP contribution in [0.5, 0.6) is 0 Å². The first-order valence-electron chi connectivity index (χ1n) is 3.89. The van der Waals surface area contributed by atoms with E-state index in [1.165, 1.54) is 6.42 Å². The molecule has 3 atom stereocenters. The third-order valence-electron chi connectivity index (χ3n) is 2.33. The maximum Gasteiger partial charge on any atom is 0.0672 e. The molecule has 56 valence electrons. The summed E-state index contributed by atoms with van der Waals surface area (Å²) in [5.74, 6) is 0.813. The lowest BCUT2D eigenvalue weighted by molar-refractivity contribution is 0.292. The molecule has 2 unspecified atom stereocenters. The van der Waals surface area contributed by atoms with Gasteiger partial charge in [-0.25, -0.2) is 0 Å². The Kier molecular flexibility index (Phi) is 2.29. The molecule has 0 spiro atoms. The second kappa shape index (κ2) is 3.03. The van der Waals surface area contributed by atoms with E-state index in [4.69, 9.17) is 11.0 Å². The van der Waals surface area contributed by atoms with Gasteiger partial charge in [0.25, 0.3) is 0 Å². The number of nitrogens with two attached hydrogens (primary N) is 1. The molecule has 2 nitrogen and oxygen atoms in total. The number of nitriles is 1. The van der Waals surface area contributed by atoms with Crippen molar-refractivity contribution in [1.29, 1.82) is 5.26 Å². The first kappa shape index (κ1) is 7.56. The predicted octanol–water partition coefficient (Wildman–Crippen LogP) is 1.27. The van der Waals surface area contributed by atoms with Crippen LogP contribution in [-0.4, -0.2) is 6.04 Å². The fraction of sp³-hybridized carbons (Fsp3) is 0.875. The highest BCUT2D eigenvalue weighted by molar-refractivity contribution is 4.94. The van der Waals surface area contributed by atoms with Crippen molar-refractivity contribution in [1.82, 2.24) is 0 Å². The molecule has 1 aliphatic carbocycles. The van der Waals surface area contributed by atoms with Crippen molar-refractivity contribution in [3.63, 3.8) is 0 Å². The Bertz CT molecular complexity index is 148. The van der Waals surface area contributed by atoms with E-state index in [9.17, 15) is 0 Å². The van der Waals surface area contributed by atoms with Crippen molar-refractivity contribution in [3.8, 4) is 6.07 Å². The quantitative estimate of drug-likeness (QED) is 0.548. The van der Waals surface area contributed by atoms with E-state index in [1.807, 2.05) is 0 Å². The van der Waals surface area contributed by atoms with Gasteiger partial charge in [-0.1, -0.05) is 6.92 Å². The molecule has 0 aliphatic heterocycles. The Morgan fingerprint density at radius 3 is 2.70 bits per heavy atom. The molecule has 0 aromatic rings. The van der Waals surface area contributed by atoms with E-state index in [-0.39, 0.29) is 12.0 Å². The molecular formula is C8H14N2. The normalized spacial score (nSPS) is 40.7. The summed E-state index contributed by atoms with van der Waals surface area (Å²) in [5, 5.41) is 8.65. The Balaban J connectivity index is 2.47. The Morgan fingerprint density at radius 1 is 1.50 bits per heavy atom. The minimum Gasteiger partial charge on any atom is -0.327 e. The second-order valence-electron chi connectivity index (χ2n) is 3.32. The monoisotopic (exact) mass is 138 g/mol. The molecule has 0 bridgehead atoms. The summed E-state index contributed by atoms with van der Waals surface area (Å²) < 4.78 is 0. The standard InChI is InChI=1S/C8H14N2/c1-6-2-3-8(10)7(4-6)5-9/h6-8H,2-4,10H2,1H3/t6-,7?,8?/m0/s1. The lowest BCUT2D eigenvalue weighted by atomic mass is 9.80. The van der Waals surface area contributed by atoms with Crippen LogP contribution in [0.4, 0.5) is 0 Å². The Morgan fingerprint density at radius 2 is 2.20 bits per heavy atom. The van der Waals surface area contributed by atoms with E-state index >= 15 is 0 Å². The third-order valence-corrected chi connectivity index (χ3v) is 2.33. The summed E-state index contributed by atoms with van der Waals surface area (Å²) in [5.41, 5.74) is 5.73. The summed E-state index contributed by atoms with van der Waals surface area (Å²) in [6, 6.07) is 2.40. The topological polar surface area (TPSA) is 49.8 Å². The van der Waals surface area contributed by atoms with Gasteiger partial charge in [0.1, 0.15) is 0 Å². The number of rotatable bonds is 0. The van der Waals surface area contributed by atoms with Crippen molar-refractivity contribution < 1.29 is 0 Å².